The summed E-state index contributed by atoms with van der Waals surface area (Å²) in [5.74, 6) is -0.00576. The molecule has 7 heteroatoms. The van der Waals surface area contributed by atoms with Crippen molar-refractivity contribution in [1.82, 2.24) is 4.90 Å². The summed E-state index contributed by atoms with van der Waals surface area (Å²) in [5.41, 5.74) is 1.09. The first-order valence-electron chi connectivity index (χ1n) is 7.66. The van der Waals surface area contributed by atoms with Crippen LogP contribution in [-0.4, -0.2) is 47.2 Å². The zero-order valence-electron chi connectivity index (χ0n) is 13.2. The van der Waals surface area contributed by atoms with Crippen LogP contribution in [0.4, 0.5) is 0 Å². The minimum atomic E-state index is -3.00. The second-order valence-electron chi connectivity index (χ2n) is 6.30. The zero-order chi connectivity index (χ0) is 16.6. The van der Waals surface area contributed by atoms with Gasteiger partial charge in [0.2, 0.25) is 0 Å². The Kier molecular flexibility index (Phi) is 4.51. The summed E-state index contributed by atoms with van der Waals surface area (Å²) in [6.45, 7) is 4.21. The van der Waals surface area contributed by atoms with E-state index in [1.54, 1.807) is 0 Å². The fourth-order valence-electron chi connectivity index (χ4n) is 2.82. The van der Waals surface area contributed by atoms with Gasteiger partial charge in [-0.1, -0.05) is 55.9 Å². The molecule has 124 valence electrons. The van der Waals surface area contributed by atoms with Gasteiger partial charge >= 0.3 is 0 Å². The van der Waals surface area contributed by atoms with Crippen molar-refractivity contribution < 1.29 is 13.2 Å². The monoisotopic (exact) mass is 352 g/mol. The van der Waals surface area contributed by atoms with Gasteiger partial charge in [-0.05, 0) is 5.56 Å². The van der Waals surface area contributed by atoms with Gasteiger partial charge in [0.15, 0.2) is 15.0 Å². The quantitative estimate of drug-likeness (QED) is 0.832. The number of sulfone groups is 1. The number of hydrogen-bond acceptors (Lipinski definition) is 4. The highest BCUT2D eigenvalue weighted by atomic mass is 32.2. The van der Waals surface area contributed by atoms with Crippen molar-refractivity contribution in [2.24, 2.45) is 10.9 Å². The first-order valence-corrected chi connectivity index (χ1v) is 10.4. The molecule has 1 aromatic carbocycles. The van der Waals surface area contributed by atoms with E-state index in [1.165, 1.54) is 11.8 Å². The van der Waals surface area contributed by atoms with Crippen LogP contribution in [0.1, 0.15) is 19.4 Å². The van der Waals surface area contributed by atoms with Crippen LogP contribution < -0.4 is 0 Å². The molecule has 0 bridgehead atoms. The van der Waals surface area contributed by atoms with Crippen molar-refractivity contribution in [2.75, 3.05) is 11.5 Å². The Hall–Kier alpha value is -1.34. The summed E-state index contributed by atoms with van der Waals surface area (Å²) < 4.78 is 23.9. The number of benzene rings is 1. The lowest BCUT2D eigenvalue weighted by Gasteiger charge is -2.24. The van der Waals surface area contributed by atoms with Crippen LogP contribution >= 0.6 is 11.8 Å². The topological polar surface area (TPSA) is 66.8 Å². The molecular weight excluding hydrogens is 332 g/mol. The molecule has 2 aliphatic heterocycles. The van der Waals surface area contributed by atoms with E-state index in [0.717, 1.165) is 5.56 Å². The third kappa shape index (κ3) is 3.61. The Labute approximate surface area is 141 Å². The number of carbonyl (C=O) groups excluding carboxylic acids is 1. The number of thioether (sulfide) groups is 1. The number of hydrogen-bond donors (Lipinski definition) is 0. The summed E-state index contributed by atoms with van der Waals surface area (Å²) in [6, 6.07) is 9.77. The molecule has 5 nitrogen and oxygen atoms in total. The number of nitrogens with zero attached hydrogens (tertiary/aromatic N) is 2. The Morgan fingerprint density at radius 1 is 1.30 bits per heavy atom. The van der Waals surface area contributed by atoms with E-state index in [9.17, 15) is 13.2 Å². The van der Waals surface area contributed by atoms with Crippen LogP contribution in [0.5, 0.6) is 0 Å². The van der Waals surface area contributed by atoms with Crippen molar-refractivity contribution in [3.05, 3.63) is 35.9 Å². The van der Waals surface area contributed by atoms with Crippen molar-refractivity contribution in [2.45, 2.75) is 31.7 Å². The van der Waals surface area contributed by atoms with Gasteiger partial charge in [-0.3, -0.25) is 4.79 Å². The van der Waals surface area contributed by atoms with Crippen molar-refractivity contribution in [1.29, 1.82) is 0 Å². The molecule has 0 spiro atoms. The molecule has 3 rings (SSSR count). The molecular formula is C16H20N2O3S2. The number of rotatable bonds is 3. The molecule has 2 aliphatic rings. The standard InChI is InChI=1S/C16H20N2O3S2/c1-11(2)15(19)17-16-18(8-12-6-4-3-5-7-12)13-9-23(20,21)10-14(13)22-16/h3-7,11,13-14H,8-10H2,1-2H3/t13-,14+/m0/s1. The van der Waals surface area contributed by atoms with Crippen LogP contribution in [0, 0.1) is 5.92 Å². The largest absolute Gasteiger partial charge is 0.342 e. The summed E-state index contributed by atoms with van der Waals surface area (Å²) in [4.78, 5) is 18.2. The summed E-state index contributed by atoms with van der Waals surface area (Å²) in [5, 5.41) is 0.639. The van der Waals surface area contributed by atoms with E-state index in [-0.39, 0.29) is 34.6 Å². The Balaban J connectivity index is 1.89. The number of carbonyl (C=O) groups is 1. The average molecular weight is 352 g/mol. The van der Waals surface area contributed by atoms with Gasteiger partial charge in [0.1, 0.15) is 0 Å². The molecule has 0 radical (unpaired) electrons. The fraction of sp³-hybridized carbons (Fsp3) is 0.500. The Morgan fingerprint density at radius 2 is 2.00 bits per heavy atom. The minimum Gasteiger partial charge on any atom is -0.342 e. The molecule has 23 heavy (non-hydrogen) atoms. The van der Waals surface area contributed by atoms with E-state index in [2.05, 4.69) is 4.99 Å². The maximum Gasteiger partial charge on any atom is 0.250 e. The normalized spacial score (nSPS) is 27.6. The lowest BCUT2D eigenvalue weighted by Crippen LogP contribution is -2.37. The summed E-state index contributed by atoms with van der Waals surface area (Å²) in [7, 11) is -3.00. The lowest BCUT2D eigenvalue weighted by molar-refractivity contribution is -0.120. The molecule has 0 unspecified atom stereocenters. The van der Waals surface area contributed by atoms with Crippen LogP contribution in [-0.2, 0) is 21.2 Å². The molecule has 1 aromatic rings. The van der Waals surface area contributed by atoms with Gasteiger partial charge in [0, 0.05) is 17.7 Å². The van der Waals surface area contributed by atoms with Crippen LogP contribution in [0.3, 0.4) is 0 Å². The molecule has 0 aromatic heterocycles. The van der Waals surface area contributed by atoms with Crippen LogP contribution in [0.2, 0.25) is 0 Å². The number of fused-ring (bicyclic) bond motifs is 1. The van der Waals surface area contributed by atoms with Gasteiger partial charge in [0.25, 0.3) is 5.91 Å². The third-order valence-corrected chi connectivity index (χ3v) is 7.32. The van der Waals surface area contributed by atoms with Crippen molar-refractivity contribution in [3.63, 3.8) is 0 Å². The Morgan fingerprint density at radius 3 is 2.65 bits per heavy atom. The fourth-order valence-corrected chi connectivity index (χ4v) is 6.78. The second-order valence-corrected chi connectivity index (χ2v) is 9.66. The predicted molar refractivity (Wildman–Crippen MR) is 93.1 cm³/mol. The second kappa shape index (κ2) is 6.28. The highest BCUT2D eigenvalue weighted by Crippen LogP contribution is 2.39. The average Bonchev–Trinajstić information content (AvgIpc) is 2.93. The smallest absolute Gasteiger partial charge is 0.250 e. The predicted octanol–water partition coefficient (Wildman–Crippen LogP) is 1.94. The molecule has 2 saturated heterocycles. The molecule has 2 atom stereocenters. The number of amides is 1. The third-order valence-electron chi connectivity index (χ3n) is 4.07. The minimum absolute atomic E-state index is 0.0255. The van der Waals surface area contributed by atoms with Gasteiger partial charge in [-0.25, -0.2) is 8.42 Å². The molecule has 2 heterocycles. The Bertz CT molecular complexity index is 729. The summed E-state index contributed by atoms with van der Waals surface area (Å²) >= 11 is 1.43. The molecule has 2 fully saturated rings. The van der Waals surface area contributed by atoms with E-state index >= 15 is 0 Å². The van der Waals surface area contributed by atoms with Crippen molar-refractivity contribution >= 4 is 32.7 Å². The van der Waals surface area contributed by atoms with Crippen LogP contribution in [0.15, 0.2) is 35.3 Å². The zero-order valence-corrected chi connectivity index (χ0v) is 14.8. The molecule has 0 saturated carbocycles. The highest BCUT2D eigenvalue weighted by Gasteiger charge is 2.48. The van der Waals surface area contributed by atoms with Crippen molar-refractivity contribution in [3.8, 4) is 0 Å². The van der Waals surface area contributed by atoms with E-state index in [0.29, 0.717) is 11.7 Å². The van der Waals surface area contributed by atoms with Gasteiger partial charge in [-0.2, -0.15) is 4.99 Å². The number of amidine groups is 1. The summed E-state index contributed by atoms with van der Waals surface area (Å²) in [6.07, 6.45) is 0. The first-order chi connectivity index (χ1) is 10.9. The van der Waals surface area contributed by atoms with Gasteiger partial charge in [0.05, 0.1) is 17.5 Å². The maximum absolute atomic E-state index is 12.0. The first kappa shape index (κ1) is 16.5. The van der Waals surface area contributed by atoms with Gasteiger partial charge < -0.3 is 4.90 Å². The van der Waals surface area contributed by atoms with Crippen LogP contribution in [0.25, 0.3) is 0 Å². The number of aliphatic imine (C=N–C) groups is 1. The molecule has 1 amide bonds. The van der Waals surface area contributed by atoms with Gasteiger partial charge in [-0.15, -0.1) is 0 Å². The van der Waals surface area contributed by atoms with E-state index < -0.39 is 9.84 Å². The highest BCUT2D eigenvalue weighted by molar-refractivity contribution is 8.15. The lowest BCUT2D eigenvalue weighted by atomic mass is 10.1. The maximum atomic E-state index is 12.0. The van der Waals surface area contributed by atoms with E-state index in [1.807, 2.05) is 49.1 Å². The van der Waals surface area contributed by atoms with E-state index in [4.69, 9.17) is 0 Å². The molecule has 0 N–H and O–H groups in total. The SMILES string of the molecule is CC(C)C(=O)N=C1S[C@@H]2CS(=O)(=O)C[C@@H]2N1Cc1ccccc1. The molecule has 0 aliphatic carbocycles.